The number of carboxylic acids is 2. The van der Waals surface area contributed by atoms with E-state index in [-0.39, 0.29) is 45.6 Å². The average molecular weight is 792 g/mol. The van der Waals surface area contributed by atoms with E-state index in [1.165, 1.54) is 167 Å². The Morgan fingerprint density at radius 1 is 0.333 bits per heavy atom. The van der Waals surface area contributed by atoms with Crippen LogP contribution in [0, 0.1) is 0 Å². The SMILES string of the molecule is CCCCCCCCCCCCCCCCCC(=O)[O-].CCCCCCCCCCCCCCCCCC(=O)[O-].O.[Pb+2]. The Balaban J connectivity index is -0.000000328. The molecule has 0 bridgehead atoms. The van der Waals surface area contributed by atoms with Gasteiger partial charge in [-0.05, 0) is 25.7 Å². The third-order valence-corrected chi connectivity index (χ3v) is 7.97. The van der Waals surface area contributed by atoms with Gasteiger partial charge in [-0.2, -0.15) is 0 Å². The predicted octanol–water partition coefficient (Wildman–Crippen LogP) is 8.79. The van der Waals surface area contributed by atoms with E-state index >= 15 is 0 Å². The standard InChI is InChI=1S/2C18H36O2.H2O.Pb/c2*1-2-3-4-5-6-7-8-9-10-11-12-13-14-15-16-17-18(19)20;;/h2*2-17H2,1H3,(H,19,20);1H2;/q;;;+2/p-2. The zero-order valence-electron chi connectivity index (χ0n) is 28.3. The van der Waals surface area contributed by atoms with Crippen molar-refractivity contribution in [2.45, 2.75) is 219 Å². The van der Waals surface area contributed by atoms with E-state index in [1.54, 1.807) is 0 Å². The van der Waals surface area contributed by atoms with E-state index in [2.05, 4.69) is 13.8 Å². The van der Waals surface area contributed by atoms with Crippen molar-refractivity contribution >= 4 is 39.2 Å². The summed E-state index contributed by atoms with van der Waals surface area (Å²) in [6.45, 7) is 4.53. The number of aliphatic carboxylic acids is 2. The van der Waals surface area contributed by atoms with Crippen LogP contribution in [0.4, 0.5) is 0 Å². The molecule has 0 saturated carbocycles. The fraction of sp³-hybridized carbons (Fsp3) is 0.944. The summed E-state index contributed by atoms with van der Waals surface area (Å²) >= 11 is 0. The quantitative estimate of drug-likeness (QED) is 0.0501. The Bertz CT molecular complexity index is 457. The van der Waals surface area contributed by atoms with Crippen molar-refractivity contribution in [3.63, 3.8) is 0 Å². The fourth-order valence-electron chi connectivity index (χ4n) is 5.28. The summed E-state index contributed by atoms with van der Waals surface area (Å²) < 4.78 is 0. The van der Waals surface area contributed by atoms with E-state index < -0.39 is 11.9 Å². The van der Waals surface area contributed by atoms with Crippen LogP contribution in [0.3, 0.4) is 0 Å². The molecule has 250 valence electrons. The zero-order valence-corrected chi connectivity index (χ0v) is 32.1. The van der Waals surface area contributed by atoms with Gasteiger partial charge in [0.05, 0.1) is 0 Å². The number of carbonyl (C=O) groups excluding carboxylic acids is 2. The first-order chi connectivity index (χ1) is 19.5. The first-order valence-electron chi connectivity index (χ1n) is 17.9. The molecular formula is C36H72O5Pb. The molecule has 5 nitrogen and oxygen atoms in total. The summed E-state index contributed by atoms with van der Waals surface area (Å²) in [6.07, 6.45) is 39.7. The molecule has 42 heavy (non-hydrogen) atoms. The molecule has 0 aliphatic heterocycles. The molecule has 6 heteroatoms. The predicted molar refractivity (Wildman–Crippen MR) is 178 cm³/mol. The van der Waals surface area contributed by atoms with Gasteiger partial charge in [-0.1, -0.05) is 194 Å². The number of unbranched alkanes of at least 4 members (excludes halogenated alkanes) is 28. The third kappa shape index (κ3) is 52.5. The number of carboxylic acid groups (broad SMARTS) is 2. The van der Waals surface area contributed by atoms with Gasteiger partial charge >= 0.3 is 27.3 Å². The molecule has 0 heterocycles. The molecule has 0 aromatic heterocycles. The van der Waals surface area contributed by atoms with Crippen molar-refractivity contribution in [1.29, 1.82) is 0 Å². The van der Waals surface area contributed by atoms with Gasteiger partial charge < -0.3 is 25.3 Å². The van der Waals surface area contributed by atoms with Crippen LogP contribution in [-0.4, -0.2) is 44.7 Å². The Kier molecular flexibility index (Phi) is 52.5. The second-order valence-corrected chi connectivity index (χ2v) is 12.1. The van der Waals surface area contributed by atoms with Crippen LogP contribution in [0.15, 0.2) is 0 Å². The first kappa shape index (κ1) is 48.7. The maximum Gasteiger partial charge on any atom is 2.00 e. The normalized spacial score (nSPS) is 10.3. The minimum absolute atomic E-state index is 0. The van der Waals surface area contributed by atoms with Gasteiger partial charge in [0.25, 0.3) is 0 Å². The van der Waals surface area contributed by atoms with Crippen LogP contribution < -0.4 is 10.2 Å². The van der Waals surface area contributed by atoms with Gasteiger partial charge in [0, 0.05) is 11.9 Å². The number of carbonyl (C=O) groups is 2. The molecule has 0 atom stereocenters. The number of hydrogen-bond acceptors (Lipinski definition) is 4. The molecule has 0 aliphatic rings. The van der Waals surface area contributed by atoms with Crippen molar-refractivity contribution in [2.75, 3.05) is 0 Å². The monoisotopic (exact) mass is 793 g/mol. The van der Waals surface area contributed by atoms with Crippen LogP contribution in [0.5, 0.6) is 0 Å². The number of rotatable bonds is 32. The second-order valence-electron chi connectivity index (χ2n) is 12.1. The van der Waals surface area contributed by atoms with E-state index in [9.17, 15) is 19.8 Å². The van der Waals surface area contributed by atoms with Gasteiger partial charge in [-0.25, -0.2) is 0 Å². The van der Waals surface area contributed by atoms with Gasteiger partial charge in [-0.3, -0.25) is 0 Å². The number of hydrogen-bond donors (Lipinski definition) is 0. The Morgan fingerprint density at radius 2 is 0.476 bits per heavy atom. The van der Waals surface area contributed by atoms with E-state index in [0.717, 1.165) is 25.7 Å². The summed E-state index contributed by atoms with van der Waals surface area (Å²) in [4.78, 5) is 20.4. The molecule has 0 aliphatic carbocycles. The van der Waals surface area contributed by atoms with Crippen LogP contribution in [0.1, 0.15) is 219 Å². The Labute approximate surface area is 282 Å². The molecule has 0 spiro atoms. The fourth-order valence-corrected chi connectivity index (χ4v) is 5.28. The van der Waals surface area contributed by atoms with E-state index in [0.29, 0.717) is 0 Å². The van der Waals surface area contributed by atoms with E-state index in [1.807, 2.05) is 0 Å². The average Bonchev–Trinajstić information content (AvgIpc) is 2.93. The van der Waals surface area contributed by atoms with Crippen molar-refractivity contribution in [1.82, 2.24) is 0 Å². The maximum absolute atomic E-state index is 10.2. The summed E-state index contributed by atoms with van der Waals surface area (Å²) in [5.41, 5.74) is 0. The summed E-state index contributed by atoms with van der Waals surface area (Å²) in [6, 6.07) is 0. The van der Waals surface area contributed by atoms with Crippen molar-refractivity contribution in [3.8, 4) is 0 Å². The summed E-state index contributed by atoms with van der Waals surface area (Å²) in [5, 5.41) is 20.4. The van der Waals surface area contributed by atoms with Crippen molar-refractivity contribution in [2.24, 2.45) is 0 Å². The molecule has 2 radical (unpaired) electrons. The minimum Gasteiger partial charge on any atom is -0.550 e. The van der Waals surface area contributed by atoms with Crippen LogP contribution in [0.25, 0.3) is 0 Å². The molecule has 2 N–H and O–H groups in total. The molecule has 0 fully saturated rings. The van der Waals surface area contributed by atoms with Crippen LogP contribution in [-0.2, 0) is 9.59 Å². The van der Waals surface area contributed by atoms with E-state index in [4.69, 9.17) is 0 Å². The first-order valence-corrected chi connectivity index (χ1v) is 17.9. The largest absolute Gasteiger partial charge is 2.00 e. The molecule has 0 unspecified atom stereocenters. The summed E-state index contributed by atoms with van der Waals surface area (Å²) in [7, 11) is 0. The van der Waals surface area contributed by atoms with Gasteiger partial charge in [0.1, 0.15) is 0 Å². The molecule has 0 aromatic rings. The van der Waals surface area contributed by atoms with Gasteiger partial charge in [0.2, 0.25) is 0 Å². The van der Waals surface area contributed by atoms with Crippen molar-refractivity contribution < 1.29 is 25.3 Å². The molecule has 0 amide bonds. The smallest absolute Gasteiger partial charge is 0.550 e. The van der Waals surface area contributed by atoms with Gasteiger partial charge in [-0.15, -0.1) is 0 Å². The third-order valence-electron chi connectivity index (χ3n) is 7.97. The Hall–Kier alpha value is -0.178. The Morgan fingerprint density at radius 3 is 0.619 bits per heavy atom. The van der Waals surface area contributed by atoms with Crippen molar-refractivity contribution in [3.05, 3.63) is 0 Å². The molecule has 0 saturated heterocycles. The van der Waals surface area contributed by atoms with Crippen LogP contribution >= 0.6 is 0 Å². The molecule has 0 aromatic carbocycles. The zero-order chi connectivity index (χ0) is 29.8. The van der Waals surface area contributed by atoms with Gasteiger partial charge in [0.15, 0.2) is 0 Å². The minimum atomic E-state index is -0.903. The summed E-state index contributed by atoms with van der Waals surface area (Å²) in [5.74, 6) is -1.81. The maximum atomic E-state index is 10.2. The topological polar surface area (TPSA) is 112 Å². The molecule has 0 rings (SSSR count). The van der Waals surface area contributed by atoms with Crippen LogP contribution in [0.2, 0.25) is 0 Å². The molecular weight excluding hydrogens is 720 g/mol. The second kappa shape index (κ2) is 45.3.